The maximum atomic E-state index is 12.7. The number of hydrogen-bond acceptors (Lipinski definition) is 4. The van der Waals surface area contributed by atoms with Gasteiger partial charge in [-0.3, -0.25) is 9.69 Å². The van der Waals surface area contributed by atoms with E-state index in [-0.39, 0.29) is 11.8 Å². The van der Waals surface area contributed by atoms with E-state index in [2.05, 4.69) is 10.2 Å². The number of benzene rings is 2. The standard InChI is InChI=1S/C23H28Cl2N2O3/c1-29-21-8-6-16(13-22(21)30-2)9-10-26-23(28)18-4-3-11-27(15-18)14-17-5-7-19(24)20(25)12-17/h5-8,12-13,18H,3-4,9-11,14-15H2,1-2H3,(H,26,28). The highest BCUT2D eigenvalue weighted by Crippen LogP contribution is 2.28. The van der Waals surface area contributed by atoms with Gasteiger partial charge in [-0.25, -0.2) is 0 Å². The van der Waals surface area contributed by atoms with Crippen molar-refractivity contribution in [1.29, 1.82) is 0 Å². The quantitative estimate of drug-likeness (QED) is 0.639. The fourth-order valence-corrected chi connectivity index (χ4v) is 4.14. The van der Waals surface area contributed by atoms with Crippen molar-refractivity contribution in [3.05, 3.63) is 57.6 Å². The zero-order valence-electron chi connectivity index (χ0n) is 17.4. The van der Waals surface area contributed by atoms with Gasteiger partial charge in [-0.2, -0.15) is 0 Å². The number of hydrogen-bond donors (Lipinski definition) is 1. The normalized spacial score (nSPS) is 16.9. The molecule has 0 saturated carbocycles. The van der Waals surface area contributed by atoms with Crippen molar-refractivity contribution in [3.63, 3.8) is 0 Å². The Kier molecular flexibility index (Phi) is 8.25. The van der Waals surface area contributed by atoms with E-state index in [0.717, 1.165) is 50.0 Å². The molecule has 1 saturated heterocycles. The van der Waals surface area contributed by atoms with Crippen LogP contribution in [0.4, 0.5) is 0 Å². The highest BCUT2D eigenvalue weighted by molar-refractivity contribution is 6.42. The Labute approximate surface area is 188 Å². The fraction of sp³-hybridized carbons (Fsp3) is 0.435. The molecule has 1 atom stereocenters. The number of halogens is 2. The van der Waals surface area contributed by atoms with Crippen LogP contribution in [0.25, 0.3) is 0 Å². The molecule has 1 aliphatic rings. The Hall–Kier alpha value is -1.95. The van der Waals surface area contributed by atoms with Crippen LogP contribution < -0.4 is 14.8 Å². The number of amides is 1. The molecule has 0 radical (unpaired) electrons. The number of ether oxygens (including phenoxy) is 2. The number of piperidine rings is 1. The highest BCUT2D eigenvalue weighted by Gasteiger charge is 2.25. The first kappa shape index (κ1) is 22.7. The summed E-state index contributed by atoms with van der Waals surface area (Å²) in [5.74, 6) is 1.53. The maximum Gasteiger partial charge on any atom is 0.224 e. The van der Waals surface area contributed by atoms with E-state index in [4.69, 9.17) is 32.7 Å². The van der Waals surface area contributed by atoms with Crippen LogP contribution in [0.3, 0.4) is 0 Å². The third kappa shape index (κ3) is 6.03. The summed E-state index contributed by atoms with van der Waals surface area (Å²) >= 11 is 12.1. The Bertz CT molecular complexity index is 876. The SMILES string of the molecule is COc1ccc(CCNC(=O)C2CCCN(Cc3ccc(Cl)c(Cl)c3)C2)cc1OC. The van der Waals surface area contributed by atoms with Crippen LogP contribution in [-0.2, 0) is 17.8 Å². The van der Waals surface area contributed by atoms with Crippen LogP contribution in [0.2, 0.25) is 10.0 Å². The molecule has 2 aromatic carbocycles. The molecular weight excluding hydrogens is 423 g/mol. The van der Waals surface area contributed by atoms with Crippen molar-refractivity contribution >= 4 is 29.1 Å². The lowest BCUT2D eigenvalue weighted by atomic mass is 9.96. The second-order valence-corrected chi connectivity index (χ2v) is 8.37. The van der Waals surface area contributed by atoms with Gasteiger partial charge in [0.2, 0.25) is 5.91 Å². The highest BCUT2D eigenvalue weighted by atomic mass is 35.5. The van der Waals surface area contributed by atoms with Gasteiger partial charge in [0, 0.05) is 19.6 Å². The summed E-state index contributed by atoms with van der Waals surface area (Å²) in [6.07, 6.45) is 2.67. The fourth-order valence-electron chi connectivity index (χ4n) is 3.82. The van der Waals surface area contributed by atoms with Crippen molar-refractivity contribution in [2.45, 2.75) is 25.8 Å². The first-order valence-electron chi connectivity index (χ1n) is 10.1. The predicted molar refractivity (Wildman–Crippen MR) is 121 cm³/mol. The molecule has 2 aromatic rings. The maximum absolute atomic E-state index is 12.7. The summed E-state index contributed by atoms with van der Waals surface area (Å²) < 4.78 is 10.6. The summed E-state index contributed by atoms with van der Waals surface area (Å²) in [6.45, 7) is 3.10. The molecule has 0 aliphatic carbocycles. The number of nitrogens with zero attached hydrogens (tertiary/aromatic N) is 1. The van der Waals surface area contributed by atoms with Gasteiger partial charge in [0.15, 0.2) is 11.5 Å². The minimum atomic E-state index is 0.00641. The van der Waals surface area contributed by atoms with Crippen LogP contribution in [0.1, 0.15) is 24.0 Å². The van der Waals surface area contributed by atoms with Gasteiger partial charge in [0.05, 0.1) is 30.2 Å². The van der Waals surface area contributed by atoms with E-state index < -0.39 is 0 Å². The number of likely N-dealkylation sites (tertiary alicyclic amines) is 1. The molecule has 1 fully saturated rings. The average Bonchev–Trinajstić information content (AvgIpc) is 2.76. The molecule has 1 heterocycles. The zero-order valence-corrected chi connectivity index (χ0v) is 18.9. The summed E-state index contributed by atoms with van der Waals surface area (Å²) in [6, 6.07) is 11.5. The van der Waals surface area contributed by atoms with Gasteiger partial charge in [-0.15, -0.1) is 0 Å². The van der Waals surface area contributed by atoms with E-state index in [9.17, 15) is 4.79 Å². The van der Waals surface area contributed by atoms with E-state index in [1.165, 1.54) is 0 Å². The summed E-state index contributed by atoms with van der Waals surface area (Å²) in [7, 11) is 3.24. The first-order chi connectivity index (χ1) is 14.5. The van der Waals surface area contributed by atoms with E-state index >= 15 is 0 Å². The Morgan fingerprint density at radius 1 is 1.07 bits per heavy atom. The largest absolute Gasteiger partial charge is 0.493 e. The van der Waals surface area contributed by atoms with Crippen molar-refractivity contribution in [1.82, 2.24) is 10.2 Å². The molecule has 0 bridgehead atoms. The molecule has 1 unspecified atom stereocenters. The van der Waals surface area contributed by atoms with Crippen molar-refractivity contribution in [3.8, 4) is 11.5 Å². The Balaban J connectivity index is 1.48. The van der Waals surface area contributed by atoms with E-state index in [1.807, 2.05) is 36.4 Å². The topological polar surface area (TPSA) is 50.8 Å². The third-order valence-electron chi connectivity index (χ3n) is 5.43. The van der Waals surface area contributed by atoms with Crippen LogP contribution >= 0.6 is 23.2 Å². The number of rotatable bonds is 8. The average molecular weight is 451 g/mol. The van der Waals surface area contributed by atoms with Crippen molar-refractivity contribution in [2.24, 2.45) is 5.92 Å². The Morgan fingerprint density at radius 2 is 1.83 bits per heavy atom. The predicted octanol–water partition coefficient (Wildman–Crippen LogP) is 4.58. The van der Waals surface area contributed by atoms with Gasteiger partial charge >= 0.3 is 0 Å². The molecule has 1 aliphatic heterocycles. The van der Waals surface area contributed by atoms with Gasteiger partial charge < -0.3 is 14.8 Å². The smallest absolute Gasteiger partial charge is 0.224 e. The van der Waals surface area contributed by atoms with E-state index in [1.54, 1.807) is 14.2 Å². The minimum absolute atomic E-state index is 0.00641. The molecule has 1 N–H and O–H groups in total. The van der Waals surface area contributed by atoms with Crippen molar-refractivity contribution in [2.75, 3.05) is 33.9 Å². The van der Waals surface area contributed by atoms with Crippen LogP contribution in [0.5, 0.6) is 11.5 Å². The van der Waals surface area contributed by atoms with Crippen molar-refractivity contribution < 1.29 is 14.3 Å². The van der Waals surface area contributed by atoms with Gasteiger partial charge in [-0.1, -0.05) is 35.3 Å². The summed E-state index contributed by atoms with van der Waals surface area (Å²) in [5, 5.41) is 4.22. The second kappa shape index (κ2) is 10.9. The third-order valence-corrected chi connectivity index (χ3v) is 6.17. The van der Waals surface area contributed by atoms with Gasteiger partial charge in [-0.05, 0) is 61.2 Å². The molecule has 0 aromatic heterocycles. The molecule has 3 rings (SSSR count). The second-order valence-electron chi connectivity index (χ2n) is 7.55. The Morgan fingerprint density at radius 3 is 2.57 bits per heavy atom. The summed E-state index contributed by atoms with van der Waals surface area (Å²) in [4.78, 5) is 15.0. The minimum Gasteiger partial charge on any atom is -0.493 e. The number of carbonyl (C=O) groups excluding carboxylic acids is 1. The number of carbonyl (C=O) groups is 1. The van der Waals surface area contributed by atoms with Gasteiger partial charge in [0.25, 0.3) is 0 Å². The lowest BCUT2D eigenvalue weighted by Crippen LogP contribution is -2.43. The monoisotopic (exact) mass is 450 g/mol. The lowest BCUT2D eigenvalue weighted by molar-refractivity contribution is -0.126. The first-order valence-corrected chi connectivity index (χ1v) is 10.9. The van der Waals surface area contributed by atoms with E-state index in [0.29, 0.717) is 28.1 Å². The zero-order chi connectivity index (χ0) is 21.5. The summed E-state index contributed by atoms with van der Waals surface area (Å²) in [5.41, 5.74) is 2.21. The molecule has 1 amide bonds. The molecule has 7 heteroatoms. The van der Waals surface area contributed by atoms with Crippen LogP contribution in [0.15, 0.2) is 36.4 Å². The van der Waals surface area contributed by atoms with Gasteiger partial charge in [0.1, 0.15) is 0 Å². The molecule has 0 spiro atoms. The number of methoxy groups -OCH3 is 2. The molecule has 30 heavy (non-hydrogen) atoms. The number of nitrogens with one attached hydrogen (secondary N) is 1. The van der Waals surface area contributed by atoms with Crippen LogP contribution in [0, 0.1) is 5.92 Å². The molecular formula is C23H28Cl2N2O3. The molecule has 5 nitrogen and oxygen atoms in total. The lowest BCUT2D eigenvalue weighted by Gasteiger charge is -2.32. The molecule has 162 valence electrons. The van der Waals surface area contributed by atoms with Crippen LogP contribution in [-0.4, -0.2) is 44.7 Å².